The lowest BCUT2D eigenvalue weighted by molar-refractivity contribution is 0.127. The number of hydrogen-bond donors (Lipinski definition) is 1. The van der Waals surface area contributed by atoms with Gasteiger partial charge < -0.3 is 5.32 Å². The Morgan fingerprint density at radius 1 is 1.38 bits per heavy atom. The summed E-state index contributed by atoms with van der Waals surface area (Å²) in [6.45, 7) is 10.3. The van der Waals surface area contributed by atoms with Gasteiger partial charge in [0.2, 0.25) is 0 Å². The van der Waals surface area contributed by atoms with E-state index >= 15 is 0 Å². The van der Waals surface area contributed by atoms with Crippen molar-refractivity contribution in [2.75, 3.05) is 19.6 Å². The zero-order valence-electron chi connectivity index (χ0n) is 13.2. The summed E-state index contributed by atoms with van der Waals surface area (Å²) in [5.41, 5.74) is 1.22. The minimum atomic E-state index is 0.340. The molecule has 0 amide bonds. The van der Waals surface area contributed by atoms with Gasteiger partial charge in [-0.25, -0.2) is 0 Å². The SMILES string of the molecule is CC(C)N(CC1CCCNC1)C(C)c1ccc(Br)cc1Cl. The van der Waals surface area contributed by atoms with E-state index in [4.69, 9.17) is 11.6 Å². The molecule has 1 aromatic carbocycles. The number of halogens is 2. The van der Waals surface area contributed by atoms with Crippen LogP contribution in [0.5, 0.6) is 0 Å². The topological polar surface area (TPSA) is 15.3 Å². The van der Waals surface area contributed by atoms with Gasteiger partial charge in [-0.3, -0.25) is 4.90 Å². The minimum Gasteiger partial charge on any atom is -0.316 e. The summed E-state index contributed by atoms with van der Waals surface area (Å²) in [5.74, 6) is 0.748. The second kappa shape index (κ2) is 7.96. The predicted octanol–water partition coefficient (Wildman–Crippen LogP) is 4.87. The third kappa shape index (κ3) is 4.69. The molecule has 0 saturated carbocycles. The van der Waals surface area contributed by atoms with E-state index in [9.17, 15) is 0 Å². The molecule has 1 saturated heterocycles. The first-order valence-corrected chi connectivity index (χ1v) is 9.07. The fraction of sp³-hybridized carbons (Fsp3) is 0.647. The highest BCUT2D eigenvalue weighted by molar-refractivity contribution is 9.10. The van der Waals surface area contributed by atoms with Crippen LogP contribution in [-0.2, 0) is 0 Å². The number of rotatable bonds is 5. The quantitative estimate of drug-likeness (QED) is 0.792. The number of benzene rings is 1. The van der Waals surface area contributed by atoms with Crippen molar-refractivity contribution in [2.24, 2.45) is 5.92 Å². The first-order chi connectivity index (χ1) is 9.99. The zero-order valence-corrected chi connectivity index (χ0v) is 15.5. The van der Waals surface area contributed by atoms with Gasteiger partial charge in [-0.05, 0) is 70.3 Å². The molecule has 0 bridgehead atoms. The standard InChI is InChI=1S/C17H26BrClN2/c1-12(2)21(11-14-5-4-8-20-10-14)13(3)16-7-6-15(18)9-17(16)19/h6-7,9,12-14,20H,4-5,8,10-11H2,1-3H3. The summed E-state index contributed by atoms with van der Waals surface area (Å²) in [7, 11) is 0. The monoisotopic (exact) mass is 372 g/mol. The van der Waals surface area contributed by atoms with E-state index in [1.807, 2.05) is 6.07 Å². The third-order valence-electron chi connectivity index (χ3n) is 4.44. The van der Waals surface area contributed by atoms with Gasteiger partial charge >= 0.3 is 0 Å². The second-order valence-electron chi connectivity index (χ2n) is 6.34. The molecule has 0 spiro atoms. The van der Waals surface area contributed by atoms with Crippen LogP contribution in [0.15, 0.2) is 22.7 Å². The summed E-state index contributed by atoms with van der Waals surface area (Å²) in [6, 6.07) is 7.08. The van der Waals surface area contributed by atoms with Gasteiger partial charge in [-0.1, -0.05) is 33.6 Å². The largest absolute Gasteiger partial charge is 0.316 e. The Kier molecular flexibility index (Phi) is 6.54. The van der Waals surface area contributed by atoms with Gasteiger partial charge in [0.1, 0.15) is 0 Å². The van der Waals surface area contributed by atoms with Crippen LogP contribution in [0.25, 0.3) is 0 Å². The van der Waals surface area contributed by atoms with Gasteiger partial charge in [-0.2, -0.15) is 0 Å². The highest BCUT2D eigenvalue weighted by Gasteiger charge is 2.24. The molecule has 2 nitrogen and oxygen atoms in total. The Balaban J connectivity index is 2.12. The summed E-state index contributed by atoms with van der Waals surface area (Å²) < 4.78 is 1.04. The van der Waals surface area contributed by atoms with E-state index in [0.717, 1.165) is 28.5 Å². The molecular formula is C17H26BrClN2. The van der Waals surface area contributed by atoms with Crippen LogP contribution < -0.4 is 5.32 Å². The zero-order chi connectivity index (χ0) is 15.4. The van der Waals surface area contributed by atoms with Crippen LogP contribution in [0.2, 0.25) is 5.02 Å². The van der Waals surface area contributed by atoms with Crippen LogP contribution >= 0.6 is 27.5 Å². The number of nitrogens with zero attached hydrogens (tertiary/aromatic N) is 1. The molecule has 4 heteroatoms. The van der Waals surface area contributed by atoms with Crippen molar-refractivity contribution in [3.63, 3.8) is 0 Å². The van der Waals surface area contributed by atoms with E-state index in [1.165, 1.54) is 24.9 Å². The fourth-order valence-electron chi connectivity index (χ4n) is 3.21. The molecule has 1 heterocycles. The Morgan fingerprint density at radius 3 is 2.71 bits per heavy atom. The molecule has 1 fully saturated rings. The average molecular weight is 374 g/mol. The van der Waals surface area contributed by atoms with E-state index in [1.54, 1.807) is 0 Å². The number of nitrogens with one attached hydrogen (secondary N) is 1. The summed E-state index contributed by atoms with van der Waals surface area (Å²) in [4.78, 5) is 2.58. The van der Waals surface area contributed by atoms with Crippen molar-refractivity contribution in [2.45, 2.75) is 45.7 Å². The predicted molar refractivity (Wildman–Crippen MR) is 95.0 cm³/mol. The minimum absolute atomic E-state index is 0.340. The smallest absolute Gasteiger partial charge is 0.0464 e. The van der Waals surface area contributed by atoms with Crippen molar-refractivity contribution < 1.29 is 0 Å². The van der Waals surface area contributed by atoms with Gasteiger partial charge in [0.05, 0.1) is 0 Å². The summed E-state index contributed by atoms with van der Waals surface area (Å²) >= 11 is 9.93. The molecule has 21 heavy (non-hydrogen) atoms. The second-order valence-corrected chi connectivity index (χ2v) is 7.67. The molecule has 0 radical (unpaired) electrons. The van der Waals surface area contributed by atoms with Gasteiger partial charge in [0.25, 0.3) is 0 Å². The molecule has 2 unspecified atom stereocenters. The molecular weight excluding hydrogens is 348 g/mol. The first kappa shape index (κ1) is 17.3. The molecule has 0 aliphatic carbocycles. The number of hydrogen-bond acceptors (Lipinski definition) is 2. The summed E-state index contributed by atoms with van der Waals surface area (Å²) in [6.07, 6.45) is 2.63. The van der Waals surface area contributed by atoms with Gasteiger partial charge in [-0.15, -0.1) is 0 Å². The molecule has 1 aromatic rings. The number of piperidine rings is 1. The Morgan fingerprint density at radius 2 is 2.14 bits per heavy atom. The lowest BCUT2D eigenvalue weighted by Gasteiger charge is -2.37. The maximum absolute atomic E-state index is 6.45. The van der Waals surface area contributed by atoms with Crippen LogP contribution in [-0.4, -0.2) is 30.6 Å². The Hall–Kier alpha value is -0.0900. The van der Waals surface area contributed by atoms with Crippen molar-refractivity contribution in [3.8, 4) is 0 Å². The van der Waals surface area contributed by atoms with Crippen molar-refractivity contribution in [3.05, 3.63) is 33.3 Å². The normalized spacial score (nSPS) is 21.0. The molecule has 0 aromatic heterocycles. The lowest BCUT2D eigenvalue weighted by atomic mass is 9.96. The summed E-state index contributed by atoms with van der Waals surface area (Å²) in [5, 5.41) is 4.37. The van der Waals surface area contributed by atoms with Crippen LogP contribution in [0.1, 0.15) is 45.2 Å². The lowest BCUT2D eigenvalue weighted by Crippen LogP contribution is -2.42. The molecule has 1 aliphatic rings. The van der Waals surface area contributed by atoms with Gasteiger partial charge in [0.15, 0.2) is 0 Å². The van der Waals surface area contributed by atoms with Crippen molar-refractivity contribution in [1.29, 1.82) is 0 Å². The van der Waals surface area contributed by atoms with E-state index in [2.05, 4.69) is 59.1 Å². The van der Waals surface area contributed by atoms with Crippen LogP contribution in [0.3, 0.4) is 0 Å². The molecule has 118 valence electrons. The fourth-order valence-corrected chi connectivity index (χ4v) is 4.04. The average Bonchev–Trinajstić information content (AvgIpc) is 2.45. The van der Waals surface area contributed by atoms with Crippen molar-refractivity contribution >= 4 is 27.5 Å². The Labute approximate surface area is 142 Å². The molecule has 1 N–H and O–H groups in total. The van der Waals surface area contributed by atoms with Crippen LogP contribution in [0.4, 0.5) is 0 Å². The molecule has 2 rings (SSSR count). The molecule has 2 atom stereocenters. The van der Waals surface area contributed by atoms with E-state index in [0.29, 0.717) is 12.1 Å². The maximum Gasteiger partial charge on any atom is 0.0464 e. The maximum atomic E-state index is 6.45. The molecule has 1 aliphatic heterocycles. The van der Waals surface area contributed by atoms with E-state index in [-0.39, 0.29) is 0 Å². The third-order valence-corrected chi connectivity index (χ3v) is 5.26. The van der Waals surface area contributed by atoms with Crippen molar-refractivity contribution in [1.82, 2.24) is 10.2 Å². The first-order valence-electron chi connectivity index (χ1n) is 7.90. The highest BCUT2D eigenvalue weighted by Crippen LogP contribution is 2.31. The van der Waals surface area contributed by atoms with Gasteiger partial charge in [0, 0.05) is 28.1 Å². The Bertz CT molecular complexity index is 458. The van der Waals surface area contributed by atoms with Crippen LogP contribution in [0, 0.1) is 5.92 Å². The van der Waals surface area contributed by atoms with E-state index < -0.39 is 0 Å². The highest BCUT2D eigenvalue weighted by atomic mass is 79.9.